The van der Waals surface area contributed by atoms with Gasteiger partial charge in [0.1, 0.15) is 17.0 Å². The van der Waals surface area contributed by atoms with Crippen LogP contribution >= 0.6 is 22.7 Å². The molecule has 0 aliphatic rings. The summed E-state index contributed by atoms with van der Waals surface area (Å²) < 4.78 is 11.8. The predicted octanol–water partition coefficient (Wildman–Crippen LogP) is 3.43. The van der Waals surface area contributed by atoms with Crippen LogP contribution in [0.15, 0.2) is 29.0 Å². The van der Waals surface area contributed by atoms with Gasteiger partial charge in [-0.2, -0.15) is 4.98 Å². The van der Waals surface area contributed by atoms with Crippen LogP contribution in [0.4, 0.5) is 5.00 Å². The molecule has 0 unspecified atom stereocenters. The summed E-state index contributed by atoms with van der Waals surface area (Å²) in [6.45, 7) is 5.11. The van der Waals surface area contributed by atoms with Crippen LogP contribution < -0.4 is 5.32 Å². The molecule has 4 rings (SSSR count). The molecule has 1 N–H and O–H groups in total. The van der Waals surface area contributed by atoms with Gasteiger partial charge in [0.2, 0.25) is 0 Å². The Kier molecular flexibility index (Phi) is 6.98. The second-order valence-electron chi connectivity index (χ2n) is 7.22. The Morgan fingerprint density at radius 1 is 1.15 bits per heavy atom. The predicted molar refractivity (Wildman–Crippen MR) is 127 cm³/mol. The van der Waals surface area contributed by atoms with Gasteiger partial charge in [-0.3, -0.25) is 9.59 Å². The average molecular weight is 500 g/mol. The van der Waals surface area contributed by atoms with Crippen LogP contribution in [0.3, 0.4) is 0 Å². The minimum Gasteiger partial charge on any atom is -0.462 e. The number of carbonyl (C=O) groups excluding carboxylic acids is 3. The number of hydrogen-bond acceptors (Lipinski definition) is 10. The van der Waals surface area contributed by atoms with Crippen LogP contribution in [0.1, 0.15) is 34.5 Å². The molecule has 4 heterocycles. The summed E-state index contributed by atoms with van der Waals surface area (Å²) >= 11 is 2.68. The lowest BCUT2D eigenvalue weighted by Crippen LogP contribution is -2.22. The van der Waals surface area contributed by atoms with E-state index in [9.17, 15) is 14.4 Å². The third kappa shape index (κ3) is 5.13. The van der Waals surface area contributed by atoms with Gasteiger partial charge in [0.25, 0.3) is 11.7 Å². The molecular weight excluding hydrogens is 478 g/mol. The lowest BCUT2D eigenvalue weighted by molar-refractivity contribution is -0.146. The number of amides is 1. The molecule has 0 spiro atoms. The van der Waals surface area contributed by atoms with Crippen molar-refractivity contribution in [2.45, 2.75) is 27.2 Å². The maximum absolute atomic E-state index is 12.5. The molecule has 34 heavy (non-hydrogen) atoms. The third-order valence-corrected chi connectivity index (χ3v) is 6.44. The number of aryl methyl sites for hydroxylation is 2. The number of ether oxygens (including phenoxy) is 2. The van der Waals surface area contributed by atoms with Gasteiger partial charge in [-0.05, 0) is 38.3 Å². The quantitative estimate of drug-likeness (QED) is 0.366. The van der Waals surface area contributed by atoms with E-state index in [0.29, 0.717) is 16.3 Å². The van der Waals surface area contributed by atoms with Crippen molar-refractivity contribution < 1.29 is 23.9 Å². The molecule has 0 atom stereocenters. The highest BCUT2D eigenvalue weighted by molar-refractivity contribution is 7.17. The number of carbonyl (C=O) groups is 3. The zero-order chi connectivity index (χ0) is 24.2. The minimum absolute atomic E-state index is 0.204. The summed E-state index contributed by atoms with van der Waals surface area (Å²) in [7, 11) is 0. The number of esters is 2. The first-order valence-corrected chi connectivity index (χ1v) is 12.1. The first-order chi connectivity index (χ1) is 16.4. The molecule has 0 bridgehead atoms. The number of aromatic nitrogens is 4. The van der Waals surface area contributed by atoms with E-state index >= 15 is 0 Å². The van der Waals surface area contributed by atoms with Gasteiger partial charge in [0.05, 0.1) is 6.61 Å². The van der Waals surface area contributed by atoms with Crippen molar-refractivity contribution in [3.8, 4) is 10.4 Å². The molecule has 12 heteroatoms. The highest BCUT2D eigenvalue weighted by atomic mass is 32.1. The summed E-state index contributed by atoms with van der Waals surface area (Å²) in [5.41, 5.74) is 2.59. The Morgan fingerprint density at radius 2 is 1.97 bits per heavy atom. The van der Waals surface area contributed by atoms with E-state index in [2.05, 4.69) is 20.4 Å². The van der Waals surface area contributed by atoms with Gasteiger partial charge in [-0.15, -0.1) is 27.8 Å². The number of anilines is 1. The summed E-state index contributed by atoms with van der Waals surface area (Å²) in [6.07, 6.45) is -0.204. The molecule has 0 saturated heterocycles. The van der Waals surface area contributed by atoms with E-state index in [0.717, 1.165) is 16.3 Å². The fourth-order valence-corrected chi connectivity index (χ4v) is 5.03. The fourth-order valence-electron chi connectivity index (χ4n) is 3.24. The van der Waals surface area contributed by atoms with Crippen molar-refractivity contribution in [1.29, 1.82) is 0 Å². The molecule has 0 aromatic carbocycles. The second kappa shape index (κ2) is 10.1. The van der Waals surface area contributed by atoms with Crippen LogP contribution in [-0.2, 0) is 25.5 Å². The van der Waals surface area contributed by atoms with Crippen molar-refractivity contribution in [2.24, 2.45) is 0 Å². The maximum Gasteiger partial charge on any atom is 0.341 e. The Bertz CT molecular complexity index is 1360. The van der Waals surface area contributed by atoms with E-state index in [4.69, 9.17) is 9.47 Å². The van der Waals surface area contributed by atoms with Crippen molar-refractivity contribution in [2.75, 3.05) is 18.5 Å². The number of hydrogen-bond donors (Lipinski definition) is 1. The van der Waals surface area contributed by atoms with Gasteiger partial charge in [0.15, 0.2) is 12.4 Å². The van der Waals surface area contributed by atoms with Crippen molar-refractivity contribution in [3.05, 3.63) is 51.7 Å². The van der Waals surface area contributed by atoms with Crippen molar-refractivity contribution in [1.82, 2.24) is 19.6 Å². The zero-order valence-corrected chi connectivity index (χ0v) is 20.3. The SMILES string of the molecule is CCOC(=O)c1c(-c2cccs2)csc1NC(=O)COC(=O)Cc1nc2nc(C)cc(C)n2n1. The lowest BCUT2D eigenvalue weighted by Gasteiger charge is -2.08. The third-order valence-electron chi connectivity index (χ3n) is 4.64. The highest BCUT2D eigenvalue weighted by Gasteiger charge is 2.23. The lowest BCUT2D eigenvalue weighted by atomic mass is 10.1. The van der Waals surface area contributed by atoms with Gasteiger partial charge in [-0.25, -0.2) is 14.3 Å². The number of nitrogens with zero attached hydrogens (tertiary/aromatic N) is 4. The minimum atomic E-state index is -0.656. The van der Waals surface area contributed by atoms with Crippen LogP contribution in [0.2, 0.25) is 0 Å². The fraction of sp³-hybridized carbons (Fsp3) is 0.273. The van der Waals surface area contributed by atoms with Crippen LogP contribution in [0.5, 0.6) is 0 Å². The average Bonchev–Trinajstić information content (AvgIpc) is 3.52. The molecule has 0 radical (unpaired) electrons. The van der Waals surface area contributed by atoms with Crippen molar-refractivity contribution >= 4 is 51.3 Å². The van der Waals surface area contributed by atoms with E-state index < -0.39 is 24.5 Å². The Hall–Kier alpha value is -3.64. The van der Waals surface area contributed by atoms with E-state index in [1.54, 1.807) is 16.8 Å². The highest BCUT2D eigenvalue weighted by Crippen LogP contribution is 2.38. The normalized spacial score (nSPS) is 10.9. The van der Waals surface area contributed by atoms with Crippen LogP contribution in [-0.4, -0.2) is 50.6 Å². The largest absolute Gasteiger partial charge is 0.462 e. The van der Waals surface area contributed by atoms with Crippen LogP contribution in [0.25, 0.3) is 16.2 Å². The molecule has 10 nitrogen and oxygen atoms in total. The smallest absolute Gasteiger partial charge is 0.341 e. The van der Waals surface area contributed by atoms with E-state index in [1.165, 1.54) is 22.7 Å². The first-order valence-electron chi connectivity index (χ1n) is 10.3. The molecule has 4 aromatic heterocycles. The first kappa shape index (κ1) is 23.5. The summed E-state index contributed by atoms with van der Waals surface area (Å²) in [4.78, 5) is 46.6. The Balaban J connectivity index is 1.40. The van der Waals surface area contributed by atoms with Gasteiger partial charge >= 0.3 is 11.9 Å². The van der Waals surface area contributed by atoms with E-state index in [-0.39, 0.29) is 24.4 Å². The molecule has 0 fully saturated rings. The standard InChI is InChI=1S/C22H21N5O5S2/c1-4-31-21(30)19-14(15-6-5-7-33-15)11-34-20(19)25-17(28)10-32-18(29)9-16-24-22-23-12(2)8-13(3)27(22)26-16/h5-8,11H,4,9-10H2,1-3H3,(H,25,28). The summed E-state index contributed by atoms with van der Waals surface area (Å²) in [5, 5.41) is 10.9. The molecule has 0 aliphatic heterocycles. The number of nitrogens with one attached hydrogen (secondary N) is 1. The number of thiophene rings is 2. The van der Waals surface area contributed by atoms with Gasteiger partial charge in [-0.1, -0.05) is 6.07 Å². The van der Waals surface area contributed by atoms with Crippen LogP contribution in [0, 0.1) is 13.8 Å². The molecule has 0 aliphatic carbocycles. The number of rotatable bonds is 8. The topological polar surface area (TPSA) is 125 Å². The van der Waals surface area contributed by atoms with E-state index in [1.807, 2.05) is 37.4 Å². The Labute approximate surface area is 202 Å². The molecule has 4 aromatic rings. The summed E-state index contributed by atoms with van der Waals surface area (Å²) in [6, 6.07) is 5.61. The second-order valence-corrected chi connectivity index (χ2v) is 9.04. The molecule has 0 saturated carbocycles. The zero-order valence-electron chi connectivity index (χ0n) is 18.7. The molecule has 1 amide bonds. The van der Waals surface area contributed by atoms with Gasteiger partial charge in [0, 0.05) is 27.2 Å². The maximum atomic E-state index is 12.5. The molecular formula is C22H21N5O5S2. The molecule has 176 valence electrons. The monoisotopic (exact) mass is 499 g/mol. The van der Waals surface area contributed by atoms with Gasteiger partial charge < -0.3 is 14.8 Å². The Morgan fingerprint density at radius 3 is 2.71 bits per heavy atom. The summed E-state index contributed by atoms with van der Waals surface area (Å²) in [5.74, 6) is -1.12. The van der Waals surface area contributed by atoms with Crippen molar-refractivity contribution in [3.63, 3.8) is 0 Å². The number of fused-ring (bicyclic) bond motifs is 1.